The van der Waals surface area contributed by atoms with Crippen LogP contribution in [-0.2, 0) is 13.1 Å². The SMILES string of the molecule is CN=C(NCc1ccc(Cn2ccnc2)cc1)N1CCN(c2cccc(Cl)c2)CC1. The molecule has 2 aromatic carbocycles. The molecule has 0 amide bonds. The lowest BCUT2D eigenvalue weighted by Gasteiger charge is -2.37. The van der Waals surface area contributed by atoms with Gasteiger partial charge >= 0.3 is 0 Å². The van der Waals surface area contributed by atoms with Crippen LogP contribution in [0.15, 0.2) is 72.2 Å². The number of benzene rings is 2. The Bertz CT molecular complexity index is 960. The van der Waals surface area contributed by atoms with Gasteiger partial charge in [-0.15, -0.1) is 0 Å². The summed E-state index contributed by atoms with van der Waals surface area (Å²) in [7, 11) is 1.85. The van der Waals surface area contributed by atoms with E-state index >= 15 is 0 Å². The molecular weight excluding hydrogens is 396 g/mol. The second-order valence-electron chi connectivity index (χ2n) is 7.41. The molecule has 0 atom stereocenters. The molecular formula is C23H27ClN6. The van der Waals surface area contributed by atoms with Crippen molar-refractivity contribution in [2.24, 2.45) is 4.99 Å². The average molecular weight is 423 g/mol. The van der Waals surface area contributed by atoms with Gasteiger partial charge in [0.1, 0.15) is 0 Å². The molecule has 30 heavy (non-hydrogen) atoms. The number of hydrogen-bond acceptors (Lipinski definition) is 3. The van der Waals surface area contributed by atoms with Crippen molar-refractivity contribution in [3.05, 3.63) is 83.4 Å². The maximum Gasteiger partial charge on any atom is 0.194 e. The van der Waals surface area contributed by atoms with Crippen LogP contribution in [0.4, 0.5) is 5.69 Å². The molecule has 0 aliphatic carbocycles. The third kappa shape index (κ3) is 5.13. The number of hydrogen-bond donors (Lipinski definition) is 1. The van der Waals surface area contributed by atoms with E-state index in [0.717, 1.165) is 50.3 Å². The Morgan fingerprint density at radius 1 is 1.07 bits per heavy atom. The van der Waals surface area contributed by atoms with E-state index in [0.29, 0.717) is 0 Å². The topological polar surface area (TPSA) is 48.7 Å². The summed E-state index contributed by atoms with van der Waals surface area (Å²) >= 11 is 6.14. The predicted molar refractivity (Wildman–Crippen MR) is 123 cm³/mol. The Morgan fingerprint density at radius 2 is 1.83 bits per heavy atom. The predicted octanol–water partition coefficient (Wildman–Crippen LogP) is 3.48. The summed E-state index contributed by atoms with van der Waals surface area (Å²) in [5, 5.41) is 4.29. The average Bonchev–Trinajstić information content (AvgIpc) is 3.29. The summed E-state index contributed by atoms with van der Waals surface area (Å²) in [4.78, 5) is 13.3. The highest BCUT2D eigenvalue weighted by Gasteiger charge is 2.19. The van der Waals surface area contributed by atoms with Crippen LogP contribution in [-0.4, -0.2) is 53.6 Å². The molecule has 1 fully saturated rings. The number of anilines is 1. The molecule has 0 radical (unpaired) electrons. The molecule has 0 spiro atoms. The van der Waals surface area contributed by atoms with Gasteiger partial charge in [-0.2, -0.15) is 0 Å². The fourth-order valence-corrected chi connectivity index (χ4v) is 3.90. The summed E-state index contributed by atoms with van der Waals surface area (Å²) < 4.78 is 2.07. The lowest BCUT2D eigenvalue weighted by atomic mass is 10.1. The summed E-state index contributed by atoms with van der Waals surface area (Å²) in [5.41, 5.74) is 3.68. The van der Waals surface area contributed by atoms with Gasteiger partial charge in [0, 0.05) is 69.4 Å². The van der Waals surface area contributed by atoms with Gasteiger partial charge < -0.3 is 19.7 Å². The second-order valence-corrected chi connectivity index (χ2v) is 7.84. The Morgan fingerprint density at radius 3 is 2.50 bits per heavy atom. The van der Waals surface area contributed by atoms with Crippen molar-refractivity contribution < 1.29 is 0 Å². The Balaban J connectivity index is 1.28. The van der Waals surface area contributed by atoms with Gasteiger partial charge in [-0.3, -0.25) is 4.99 Å². The van der Waals surface area contributed by atoms with E-state index in [9.17, 15) is 0 Å². The van der Waals surface area contributed by atoms with Gasteiger partial charge in [0.15, 0.2) is 5.96 Å². The smallest absolute Gasteiger partial charge is 0.194 e. The molecule has 1 aromatic heterocycles. The van der Waals surface area contributed by atoms with Crippen molar-refractivity contribution >= 4 is 23.2 Å². The molecule has 7 heteroatoms. The van der Waals surface area contributed by atoms with Crippen LogP contribution >= 0.6 is 11.6 Å². The summed E-state index contributed by atoms with van der Waals surface area (Å²) in [6, 6.07) is 16.7. The quantitative estimate of drug-likeness (QED) is 0.505. The first-order valence-electron chi connectivity index (χ1n) is 10.2. The molecule has 0 bridgehead atoms. The number of rotatable bonds is 5. The van der Waals surface area contributed by atoms with Crippen LogP contribution in [0.5, 0.6) is 0 Å². The van der Waals surface area contributed by atoms with E-state index in [2.05, 4.69) is 60.0 Å². The van der Waals surface area contributed by atoms with E-state index in [4.69, 9.17) is 11.6 Å². The molecule has 1 saturated heterocycles. The minimum atomic E-state index is 0.756. The van der Waals surface area contributed by atoms with Crippen molar-refractivity contribution in [2.75, 3.05) is 38.1 Å². The lowest BCUT2D eigenvalue weighted by molar-refractivity contribution is 0.372. The van der Waals surface area contributed by atoms with Crippen molar-refractivity contribution in [1.29, 1.82) is 0 Å². The van der Waals surface area contributed by atoms with Gasteiger partial charge in [0.05, 0.1) is 6.33 Å². The minimum absolute atomic E-state index is 0.756. The van der Waals surface area contributed by atoms with Crippen LogP contribution in [0.1, 0.15) is 11.1 Å². The maximum atomic E-state index is 6.14. The number of aliphatic imine (C=N–C) groups is 1. The maximum absolute atomic E-state index is 6.14. The third-order valence-corrected chi connectivity index (χ3v) is 5.60. The van der Waals surface area contributed by atoms with E-state index in [-0.39, 0.29) is 0 Å². The number of halogens is 1. The standard InChI is InChI=1S/C23H27ClN6/c1-25-23(30-13-11-29(12-14-30)22-4-2-3-21(24)15-22)27-16-19-5-7-20(8-6-19)17-28-10-9-26-18-28/h2-10,15,18H,11-14,16-17H2,1H3,(H,25,27). The number of imidazole rings is 1. The molecule has 156 valence electrons. The summed E-state index contributed by atoms with van der Waals surface area (Å²) in [5.74, 6) is 0.947. The molecule has 0 unspecified atom stereocenters. The first-order valence-corrected chi connectivity index (χ1v) is 10.6. The first-order chi connectivity index (χ1) is 14.7. The van der Waals surface area contributed by atoms with Gasteiger partial charge in [0.2, 0.25) is 0 Å². The van der Waals surface area contributed by atoms with Gasteiger partial charge in [-0.05, 0) is 29.3 Å². The highest BCUT2D eigenvalue weighted by molar-refractivity contribution is 6.30. The monoisotopic (exact) mass is 422 g/mol. The Kier molecular flexibility index (Phi) is 6.54. The van der Waals surface area contributed by atoms with Crippen molar-refractivity contribution in [1.82, 2.24) is 19.8 Å². The molecule has 2 heterocycles. The fourth-order valence-electron chi connectivity index (χ4n) is 3.72. The van der Waals surface area contributed by atoms with Crippen molar-refractivity contribution in [3.8, 4) is 0 Å². The second kappa shape index (κ2) is 9.67. The van der Waals surface area contributed by atoms with E-state index in [1.54, 1.807) is 6.20 Å². The van der Waals surface area contributed by atoms with E-state index in [1.807, 2.05) is 37.8 Å². The molecule has 4 rings (SSSR count). The molecule has 1 aliphatic heterocycles. The molecule has 1 N–H and O–H groups in total. The van der Waals surface area contributed by atoms with Crippen LogP contribution in [0.2, 0.25) is 5.02 Å². The number of guanidine groups is 1. The first kappa shape index (κ1) is 20.3. The van der Waals surface area contributed by atoms with E-state index < -0.39 is 0 Å². The van der Waals surface area contributed by atoms with Gasteiger partial charge in [-0.1, -0.05) is 41.9 Å². The van der Waals surface area contributed by atoms with E-state index in [1.165, 1.54) is 16.8 Å². The number of nitrogens with one attached hydrogen (secondary N) is 1. The fraction of sp³-hybridized carbons (Fsp3) is 0.304. The number of piperazine rings is 1. The Labute approximate surface area is 182 Å². The highest BCUT2D eigenvalue weighted by atomic mass is 35.5. The molecule has 3 aromatic rings. The molecule has 0 saturated carbocycles. The zero-order chi connectivity index (χ0) is 20.8. The zero-order valence-corrected chi connectivity index (χ0v) is 18.0. The summed E-state index contributed by atoms with van der Waals surface area (Å²) in [6.45, 7) is 5.35. The normalized spacial score (nSPS) is 14.8. The van der Waals surface area contributed by atoms with Crippen molar-refractivity contribution in [2.45, 2.75) is 13.1 Å². The molecule has 1 aliphatic rings. The zero-order valence-electron chi connectivity index (χ0n) is 17.2. The Hall–Kier alpha value is -2.99. The van der Waals surface area contributed by atoms with Gasteiger partial charge in [0.25, 0.3) is 0 Å². The van der Waals surface area contributed by atoms with Crippen molar-refractivity contribution in [3.63, 3.8) is 0 Å². The van der Waals surface area contributed by atoms with Gasteiger partial charge in [-0.25, -0.2) is 4.98 Å². The van der Waals surface area contributed by atoms with Crippen LogP contribution < -0.4 is 10.2 Å². The molecule has 6 nitrogen and oxygen atoms in total. The lowest BCUT2D eigenvalue weighted by Crippen LogP contribution is -2.52. The van der Waals surface area contributed by atoms with Crippen LogP contribution in [0, 0.1) is 0 Å². The highest BCUT2D eigenvalue weighted by Crippen LogP contribution is 2.20. The summed E-state index contributed by atoms with van der Waals surface area (Å²) in [6.07, 6.45) is 5.62. The largest absolute Gasteiger partial charge is 0.368 e. The van der Waals surface area contributed by atoms with Crippen LogP contribution in [0.3, 0.4) is 0 Å². The third-order valence-electron chi connectivity index (χ3n) is 5.36. The minimum Gasteiger partial charge on any atom is -0.368 e. The number of aromatic nitrogens is 2. The number of nitrogens with zero attached hydrogens (tertiary/aromatic N) is 5. The van der Waals surface area contributed by atoms with Crippen LogP contribution in [0.25, 0.3) is 0 Å².